The summed E-state index contributed by atoms with van der Waals surface area (Å²) in [5, 5.41) is 0.560. The van der Waals surface area contributed by atoms with E-state index in [9.17, 15) is 8.42 Å². The zero-order valence-electron chi connectivity index (χ0n) is 8.94. The number of hydrogen-bond acceptors (Lipinski definition) is 2. The molecule has 92 valence electrons. The molecule has 1 aliphatic heterocycles. The molecule has 0 saturated carbocycles. The Labute approximate surface area is 111 Å². The van der Waals surface area contributed by atoms with Crippen LogP contribution in [0, 0.1) is 0 Å². The average Bonchev–Trinajstić information content (AvgIpc) is 2.33. The number of halogens is 2. The Bertz CT molecular complexity index is 555. The topological polar surface area (TPSA) is 37.4 Å². The van der Waals surface area contributed by atoms with Crippen LogP contribution >= 0.6 is 23.2 Å². The molecule has 3 nitrogen and oxygen atoms in total. The Morgan fingerprint density at radius 1 is 1.18 bits per heavy atom. The lowest BCUT2D eigenvalue weighted by atomic mass is 10.3. The molecule has 0 amide bonds. The van der Waals surface area contributed by atoms with Crippen molar-refractivity contribution in [3.05, 3.63) is 40.4 Å². The van der Waals surface area contributed by atoms with Gasteiger partial charge in [-0.2, -0.15) is 4.31 Å². The molecule has 0 saturated heterocycles. The van der Waals surface area contributed by atoms with Crippen molar-refractivity contribution in [3.8, 4) is 0 Å². The Morgan fingerprint density at radius 3 is 2.59 bits per heavy atom. The maximum Gasteiger partial charge on any atom is 0.244 e. The summed E-state index contributed by atoms with van der Waals surface area (Å²) >= 11 is 11.7. The van der Waals surface area contributed by atoms with E-state index >= 15 is 0 Å². The fraction of sp³-hybridized carbons (Fsp3) is 0.273. The largest absolute Gasteiger partial charge is 0.244 e. The van der Waals surface area contributed by atoms with E-state index < -0.39 is 10.0 Å². The molecule has 0 radical (unpaired) electrons. The van der Waals surface area contributed by atoms with Gasteiger partial charge in [0.25, 0.3) is 0 Å². The van der Waals surface area contributed by atoms with Crippen LogP contribution in [0.2, 0.25) is 10.0 Å². The van der Waals surface area contributed by atoms with Crippen molar-refractivity contribution < 1.29 is 8.42 Å². The Balaban J connectivity index is 2.44. The highest BCUT2D eigenvalue weighted by Gasteiger charge is 2.26. The lowest BCUT2D eigenvalue weighted by molar-refractivity contribution is 0.437. The lowest BCUT2D eigenvalue weighted by Gasteiger charge is -2.23. The minimum Gasteiger partial charge on any atom is -0.207 e. The van der Waals surface area contributed by atoms with Crippen molar-refractivity contribution in [2.75, 3.05) is 13.1 Å². The van der Waals surface area contributed by atoms with Gasteiger partial charge in [0.05, 0.1) is 5.02 Å². The molecule has 0 fully saturated rings. The van der Waals surface area contributed by atoms with Gasteiger partial charge in [0, 0.05) is 18.1 Å². The van der Waals surface area contributed by atoms with Gasteiger partial charge < -0.3 is 0 Å². The zero-order valence-corrected chi connectivity index (χ0v) is 11.3. The molecule has 0 aromatic heterocycles. The fourth-order valence-corrected chi connectivity index (χ4v) is 3.80. The van der Waals surface area contributed by atoms with E-state index in [0.717, 1.165) is 6.42 Å². The summed E-state index contributed by atoms with van der Waals surface area (Å²) in [5.74, 6) is 0. The Morgan fingerprint density at radius 2 is 1.94 bits per heavy atom. The number of sulfonamides is 1. The first kappa shape index (κ1) is 12.9. The van der Waals surface area contributed by atoms with E-state index in [1.807, 2.05) is 12.2 Å². The van der Waals surface area contributed by atoms with Gasteiger partial charge in [-0.15, -0.1) is 0 Å². The van der Waals surface area contributed by atoms with E-state index in [1.54, 1.807) is 6.07 Å². The van der Waals surface area contributed by atoms with Crippen molar-refractivity contribution in [1.82, 2.24) is 4.31 Å². The zero-order chi connectivity index (χ0) is 12.5. The van der Waals surface area contributed by atoms with Crippen LogP contribution in [0.4, 0.5) is 0 Å². The predicted molar refractivity (Wildman–Crippen MR) is 69.0 cm³/mol. The summed E-state index contributed by atoms with van der Waals surface area (Å²) in [6, 6.07) is 4.45. The van der Waals surface area contributed by atoms with Gasteiger partial charge in [-0.3, -0.25) is 0 Å². The molecule has 1 aromatic carbocycles. The second-order valence-corrected chi connectivity index (χ2v) is 6.45. The molecule has 1 heterocycles. The van der Waals surface area contributed by atoms with Crippen LogP contribution in [0.1, 0.15) is 6.42 Å². The van der Waals surface area contributed by atoms with E-state index in [0.29, 0.717) is 18.1 Å². The molecule has 0 spiro atoms. The maximum atomic E-state index is 12.3. The van der Waals surface area contributed by atoms with Crippen molar-refractivity contribution in [3.63, 3.8) is 0 Å². The third kappa shape index (κ3) is 2.65. The SMILES string of the molecule is O=S(=O)(c1cc(Cl)ccc1Cl)N1CC=CCC1. The fourth-order valence-electron chi connectivity index (χ4n) is 1.65. The highest BCUT2D eigenvalue weighted by atomic mass is 35.5. The number of nitrogens with zero attached hydrogens (tertiary/aromatic N) is 1. The van der Waals surface area contributed by atoms with E-state index in [1.165, 1.54) is 16.4 Å². The highest BCUT2D eigenvalue weighted by Crippen LogP contribution is 2.28. The molecular formula is C11H11Cl2NO2S. The second-order valence-electron chi connectivity index (χ2n) is 3.70. The molecule has 2 rings (SSSR count). The first-order chi connectivity index (χ1) is 8.01. The van der Waals surface area contributed by atoms with Crippen LogP contribution in [0.25, 0.3) is 0 Å². The molecule has 0 bridgehead atoms. The Hall–Kier alpha value is -0.550. The molecule has 0 unspecified atom stereocenters. The van der Waals surface area contributed by atoms with Crippen molar-refractivity contribution in [1.29, 1.82) is 0 Å². The third-order valence-electron chi connectivity index (χ3n) is 2.53. The number of hydrogen-bond donors (Lipinski definition) is 0. The second kappa shape index (κ2) is 4.98. The highest BCUT2D eigenvalue weighted by molar-refractivity contribution is 7.89. The van der Waals surface area contributed by atoms with E-state index in [2.05, 4.69) is 0 Å². The van der Waals surface area contributed by atoms with Crippen LogP contribution in [-0.2, 0) is 10.0 Å². The van der Waals surface area contributed by atoms with Crippen molar-refractivity contribution >= 4 is 33.2 Å². The number of benzene rings is 1. The van der Waals surface area contributed by atoms with Gasteiger partial charge in [-0.05, 0) is 24.6 Å². The Kier molecular flexibility index (Phi) is 3.78. The molecular weight excluding hydrogens is 281 g/mol. The summed E-state index contributed by atoms with van der Waals surface area (Å²) in [5.41, 5.74) is 0. The van der Waals surface area contributed by atoms with Crippen molar-refractivity contribution in [2.24, 2.45) is 0 Å². The van der Waals surface area contributed by atoms with Gasteiger partial charge in [-0.25, -0.2) is 8.42 Å². The van der Waals surface area contributed by atoms with Crippen molar-refractivity contribution in [2.45, 2.75) is 11.3 Å². The normalized spacial score (nSPS) is 17.3. The summed E-state index contributed by atoms with van der Waals surface area (Å²) in [7, 11) is -3.55. The molecule has 0 atom stereocenters. The molecule has 0 N–H and O–H groups in total. The van der Waals surface area contributed by atoms with Gasteiger partial charge in [0.2, 0.25) is 10.0 Å². The minimum atomic E-state index is -3.55. The van der Waals surface area contributed by atoms with Gasteiger partial charge in [0.1, 0.15) is 4.90 Å². The van der Waals surface area contributed by atoms with Crippen LogP contribution < -0.4 is 0 Å². The molecule has 1 aliphatic rings. The first-order valence-electron chi connectivity index (χ1n) is 5.12. The van der Waals surface area contributed by atoms with Crippen LogP contribution in [0.5, 0.6) is 0 Å². The van der Waals surface area contributed by atoms with E-state index in [4.69, 9.17) is 23.2 Å². The summed E-state index contributed by atoms with van der Waals surface area (Å²) in [6.45, 7) is 0.854. The molecule has 1 aromatic rings. The van der Waals surface area contributed by atoms with Crippen LogP contribution in [0.3, 0.4) is 0 Å². The third-order valence-corrected chi connectivity index (χ3v) is 5.11. The first-order valence-corrected chi connectivity index (χ1v) is 7.31. The lowest BCUT2D eigenvalue weighted by Crippen LogP contribution is -2.33. The predicted octanol–water partition coefficient (Wildman–Crippen LogP) is 2.94. The minimum absolute atomic E-state index is 0.0713. The van der Waals surface area contributed by atoms with Gasteiger partial charge in [0.15, 0.2) is 0 Å². The standard InChI is InChI=1S/C11H11Cl2NO2S/c12-9-4-5-10(13)11(8-9)17(15,16)14-6-2-1-3-7-14/h1-2,4-5,8H,3,6-7H2. The molecule has 0 aliphatic carbocycles. The molecule has 6 heteroatoms. The average molecular weight is 292 g/mol. The summed E-state index contributed by atoms with van der Waals surface area (Å²) in [6.07, 6.45) is 4.52. The van der Waals surface area contributed by atoms with Crippen LogP contribution in [-0.4, -0.2) is 25.8 Å². The maximum absolute atomic E-state index is 12.3. The summed E-state index contributed by atoms with van der Waals surface area (Å²) < 4.78 is 26.0. The van der Waals surface area contributed by atoms with Crippen LogP contribution in [0.15, 0.2) is 35.2 Å². The number of rotatable bonds is 2. The summed E-state index contributed by atoms with van der Waals surface area (Å²) in [4.78, 5) is 0.0713. The quantitative estimate of drug-likeness (QED) is 0.786. The monoisotopic (exact) mass is 291 g/mol. The smallest absolute Gasteiger partial charge is 0.207 e. The van der Waals surface area contributed by atoms with Gasteiger partial charge >= 0.3 is 0 Å². The van der Waals surface area contributed by atoms with E-state index in [-0.39, 0.29) is 9.92 Å². The molecule has 17 heavy (non-hydrogen) atoms. The van der Waals surface area contributed by atoms with Gasteiger partial charge in [-0.1, -0.05) is 35.4 Å².